The van der Waals surface area contributed by atoms with Gasteiger partial charge in [0.2, 0.25) is 5.91 Å². The first-order chi connectivity index (χ1) is 13.8. The molecule has 0 atom stereocenters. The lowest BCUT2D eigenvalue weighted by Gasteiger charge is -2.28. The van der Waals surface area contributed by atoms with Crippen LogP contribution in [0.25, 0.3) is 0 Å². The van der Waals surface area contributed by atoms with Crippen LogP contribution in [0.1, 0.15) is 49.1 Å². The van der Waals surface area contributed by atoms with E-state index in [0.29, 0.717) is 17.7 Å². The maximum Gasteiger partial charge on any atom is 0.573 e. The van der Waals surface area contributed by atoms with Gasteiger partial charge in [0.15, 0.2) is 0 Å². The number of nitriles is 1. The van der Waals surface area contributed by atoms with Crippen molar-refractivity contribution in [2.75, 3.05) is 5.32 Å². The summed E-state index contributed by atoms with van der Waals surface area (Å²) in [6, 6.07) is 14.8. The van der Waals surface area contributed by atoms with Crippen molar-refractivity contribution in [3.63, 3.8) is 0 Å². The second-order valence-electron chi connectivity index (χ2n) is 7.28. The molecule has 0 unspecified atom stereocenters. The number of rotatable bonds is 5. The zero-order valence-corrected chi connectivity index (χ0v) is 15.7. The van der Waals surface area contributed by atoms with Gasteiger partial charge in [-0.15, -0.1) is 13.2 Å². The van der Waals surface area contributed by atoms with Crippen molar-refractivity contribution < 1.29 is 22.7 Å². The van der Waals surface area contributed by atoms with Gasteiger partial charge in [-0.25, -0.2) is 0 Å². The smallest absolute Gasteiger partial charge is 0.406 e. The SMILES string of the molecule is N#Cc1ccc(NC(=O)CC2CCC(c3ccc(OC(F)(F)F)cc3)CC2)cc1. The van der Waals surface area contributed by atoms with Gasteiger partial charge < -0.3 is 10.1 Å². The van der Waals surface area contributed by atoms with Gasteiger partial charge in [-0.05, 0) is 79.5 Å². The van der Waals surface area contributed by atoms with Gasteiger partial charge in [0.05, 0.1) is 11.6 Å². The quantitative estimate of drug-likeness (QED) is 0.692. The molecule has 4 nitrogen and oxygen atoms in total. The third-order valence-corrected chi connectivity index (χ3v) is 5.20. The molecule has 1 amide bonds. The Morgan fingerprint density at radius 3 is 2.21 bits per heavy atom. The van der Waals surface area contributed by atoms with Crippen molar-refractivity contribution in [1.82, 2.24) is 0 Å². The number of benzene rings is 2. The molecule has 1 aliphatic rings. The summed E-state index contributed by atoms with van der Waals surface area (Å²) in [5.74, 6) is 0.312. The number of amides is 1. The fourth-order valence-corrected chi connectivity index (χ4v) is 3.74. The van der Waals surface area contributed by atoms with Crippen LogP contribution >= 0.6 is 0 Å². The summed E-state index contributed by atoms with van der Waals surface area (Å²) in [5.41, 5.74) is 2.21. The Kier molecular flexibility index (Phi) is 6.42. The summed E-state index contributed by atoms with van der Waals surface area (Å²) in [7, 11) is 0. The fraction of sp³-hybridized carbons (Fsp3) is 0.364. The van der Waals surface area contributed by atoms with E-state index in [0.717, 1.165) is 31.2 Å². The van der Waals surface area contributed by atoms with E-state index < -0.39 is 6.36 Å². The molecular formula is C22H21F3N2O2. The van der Waals surface area contributed by atoms with Crippen LogP contribution in [0.3, 0.4) is 0 Å². The second kappa shape index (κ2) is 8.99. The topological polar surface area (TPSA) is 62.1 Å². The molecule has 0 saturated heterocycles. The van der Waals surface area contributed by atoms with E-state index in [1.54, 1.807) is 36.4 Å². The number of hydrogen-bond donors (Lipinski definition) is 1. The molecule has 2 aromatic carbocycles. The molecule has 152 valence electrons. The van der Waals surface area contributed by atoms with Crippen LogP contribution in [-0.4, -0.2) is 12.3 Å². The monoisotopic (exact) mass is 402 g/mol. The highest BCUT2D eigenvalue weighted by Gasteiger charge is 2.31. The highest BCUT2D eigenvalue weighted by molar-refractivity contribution is 5.90. The molecule has 3 rings (SSSR count). The molecule has 29 heavy (non-hydrogen) atoms. The minimum Gasteiger partial charge on any atom is -0.406 e. The lowest BCUT2D eigenvalue weighted by Crippen LogP contribution is -2.20. The van der Waals surface area contributed by atoms with Gasteiger partial charge in [-0.2, -0.15) is 5.26 Å². The van der Waals surface area contributed by atoms with Gasteiger partial charge in [0.1, 0.15) is 5.75 Å². The molecule has 1 N–H and O–H groups in total. The van der Waals surface area contributed by atoms with E-state index in [-0.39, 0.29) is 23.5 Å². The van der Waals surface area contributed by atoms with Crippen molar-refractivity contribution in [2.45, 2.75) is 44.4 Å². The highest BCUT2D eigenvalue weighted by Crippen LogP contribution is 2.38. The molecule has 2 aromatic rings. The largest absolute Gasteiger partial charge is 0.573 e. The van der Waals surface area contributed by atoms with Crippen LogP contribution in [0.5, 0.6) is 5.75 Å². The third-order valence-electron chi connectivity index (χ3n) is 5.20. The minimum absolute atomic E-state index is 0.0492. The standard InChI is InChI=1S/C22H21F3N2O2/c23-22(24,25)29-20-11-7-18(8-12-20)17-5-1-15(2-6-17)13-21(28)27-19-9-3-16(14-26)4-10-19/h3-4,7-12,15,17H,1-2,5-6,13H2,(H,27,28). The van der Waals surface area contributed by atoms with E-state index in [9.17, 15) is 18.0 Å². The van der Waals surface area contributed by atoms with Crippen LogP contribution in [0.4, 0.5) is 18.9 Å². The molecule has 0 heterocycles. The van der Waals surface area contributed by atoms with Crippen molar-refractivity contribution in [3.8, 4) is 11.8 Å². The lowest BCUT2D eigenvalue weighted by molar-refractivity contribution is -0.274. The number of nitrogens with zero attached hydrogens (tertiary/aromatic N) is 1. The lowest BCUT2D eigenvalue weighted by atomic mass is 9.77. The van der Waals surface area contributed by atoms with Crippen molar-refractivity contribution in [1.29, 1.82) is 5.26 Å². The van der Waals surface area contributed by atoms with Crippen LogP contribution < -0.4 is 10.1 Å². The summed E-state index contributed by atoms with van der Waals surface area (Å²) < 4.78 is 40.6. The molecule has 1 fully saturated rings. The Morgan fingerprint density at radius 1 is 1.03 bits per heavy atom. The zero-order chi connectivity index (χ0) is 20.9. The van der Waals surface area contributed by atoms with Crippen LogP contribution in [0.15, 0.2) is 48.5 Å². The van der Waals surface area contributed by atoms with E-state index in [2.05, 4.69) is 10.1 Å². The summed E-state index contributed by atoms with van der Waals surface area (Å²) in [5, 5.41) is 11.7. The number of anilines is 1. The van der Waals surface area contributed by atoms with Gasteiger partial charge in [-0.1, -0.05) is 12.1 Å². The molecule has 0 aliphatic heterocycles. The van der Waals surface area contributed by atoms with Crippen molar-refractivity contribution in [2.24, 2.45) is 5.92 Å². The van der Waals surface area contributed by atoms with Gasteiger partial charge in [-0.3, -0.25) is 4.79 Å². The number of alkyl halides is 3. The normalized spacial score (nSPS) is 19.2. The molecule has 0 aromatic heterocycles. The predicted octanol–water partition coefficient (Wildman–Crippen LogP) is 5.76. The summed E-state index contributed by atoms with van der Waals surface area (Å²) in [6.07, 6.45) is -0.663. The maximum absolute atomic E-state index is 12.3. The number of hydrogen-bond acceptors (Lipinski definition) is 3. The first kappa shape index (κ1) is 20.7. The van der Waals surface area contributed by atoms with Gasteiger partial charge in [0, 0.05) is 12.1 Å². The fourth-order valence-electron chi connectivity index (χ4n) is 3.74. The van der Waals surface area contributed by atoms with Gasteiger partial charge >= 0.3 is 6.36 Å². The molecule has 1 saturated carbocycles. The Balaban J connectivity index is 1.46. The van der Waals surface area contributed by atoms with Crippen molar-refractivity contribution in [3.05, 3.63) is 59.7 Å². The van der Waals surface area contributed by atoms with Crippen LogP contribution in [-0.2, 0) is 4.79 Å². The number of carbonyl (C=O) groups excluding carboxylic acids is 1. The Bertz CT molecular complexity index is 863. The summed E-state index contributed by atoms with van der Waals surface area (Å²) in [6.45, 7) is 0. The minimum atomic E-state index is -4.68. The molecular weight excluding hydrogens is 381 g/mol. The van der Waals surface area contributed by atoms with Gasteiger partial charge in [0.25, 0.3) is 0 Å². The van der Waals surface area contributed by atoms with Crippen LogP contribution in [0.2, 0.25) is 0 Å². The number of halogens is 3. The predicted molar refractivity (Wildman–Crippen MR) is 102 cm³/mol. The van der Waals surface area contributed by atoms with E-state index >= 15 is 0 Å². The van der Waals surface area contributed by atoms with E-state index in [1.165, 1.54) is 12.1 Å². The van der Waals surface area contributed by atoms with E-state index in [1.807, 2.05) is 6.07 Å². The first-order valence-corrected chi connectivity index (χ1v) is 9.48. The average molecular weight is 402 g/mol. The first-order valence-electron chi connectivity index (χ1n) is 9.48. The average Bonchev–Trinajstić information content (AvgIpc) is 2.68. The number of carbonyl (C=O) groups is 1. The Hall–Kier alpha value is -3.01. The molecule has 0 spiro atoms. The Morgan fingerprint density at radius 2 is 1.66 bits per heavy atom. The zero-order valence-electron chi connectivity index (χ0n) is 15.7. The van der Waals surface area contributed by atoms with Crippen molar-refractivity contribution >= 4 is 11.6 Å². The van der Waals surface area contributed by atoms with Crippen LogP contribution in [0, 0.1) is 17.2 Å². The number of ether oxygens (including phenoxy) is 1. The number of nitrogens with one attached hydrogen (secondary N) is 1. The molecule has 0 bridgehead atoms. The van der Waals surface area contributed by atoms with E-state index in [4.69, 9.17) is 5.26 Å². The highest BCUT2D eigenvalue weighted by atomic mass is 19.4. The Labute approximate surface area is 167 Å². The maximum atomic E-state index is 12.3. The summed E-state index contributed by atoms with van der Waals surface area (Å²) in [4.78, 5) is 12.3. The second-order valence-corrected chi connectivity index (χ2v) is 7.28. The molecule has 0 radical (unpaired) electrons. The molecule has 1 aliphatic carbocycles. The summed E-state index contributed by atoms with van der Waals surface area (Å²) >= 11 is 0. The molecule has 7 heteroatoms. The third kappa shape index (κ3) is 6.24.